The second-order valence-electron chi connectivity index (χ2n) is 17.7. The molecule has 4 aromatic rings. The Labute approximate surface area is 359 Å². The minimum absolute atomic E-state index is 0. The van der Waals surface area contributed by atoms with Crippen molar-refractivity contribution in [1.29, 1.82) is 0 Å². The summed E-state index contributed by atoms with van der Waals surface area (Å²) in [5.74, 6) is 6.70. The van der Waals surface area contributed by atoms with Crippen molar-refractivity contribution in [3.8, 4) is 0 Å². The standard InChI is InChI=1S/C36H54O2S2.2C7H7.Ti/c1-35(2,3)29-19-27(33(37)31(21-29)25-13-9-7-10-14-25)23-39-17-18-40-24-28-20-30(36(4,5)6)22-32(34(28)38)26-15-11-8-12-16-26;2*1-7-5-3-2-4-6-7;/h7-16,27-34,37-38H,17-24H2,1-6H3;2*2-6H,1H2;/q;2*-1;+2. The molecule has 2 saturated carbocycles. The molecule has 0 bridgehead atoms. The Kier molecular flexibility index (Phi) is 20.1. The van der Waals surface area contributed by atoms with E-state index in [2.05, 4.69) is 116 Å². The van der Waals surface area contributed by atoms with Gasteiger partial charge in [-0.2, -0.15) is 72.8 Å². The molecular weight excluding hydrogens is 745 g/mol. The largest absolute Gasteiger partial charge is 2.00 e. The van der Waals surface area contributed by atoms with E-state index in [1.54, 1.807) is 0 Å². The zero-order valence-corrected chi connectivity index (χ0v) is 37.6. The molecule has 8 unspecified atom stereocenters. The quantitative estimate of drug-likeness (QED) is 0.100. The van der Waals surface area contributed by atoms with E-state index >= 15 is 0 Å². The summed E-state index contributed by atoms with van der Waals surface area (Å²) in [5, 5.41) is 22.9. The number of hydrogen-bond donors (Lipinski definition) is 2. The van der Waals surface area contributed by atoms with Crippen molar-refractivity contribution in [3.05, 3.63) is 157 Å². The number of aliphatic hydroxyl groups excluding tert-OH is 2. The van der Waals surface area contributed by atoms with Crippen molar-refractivity contribution >= 4 is 23.5 Å². The van der Waals surface area contributed by atoms with Crippen LogP contribution in [0.15, 0.2) is 121 Å². The van der Waals surface area contributed by atoms with Gasteiger partial charge in [-0.1, -0.05) is 114 Å². The molecule has 6 rings (SSSR count). The maximum atomic E-state index is 11.4. The number of benzene rings is 4. The number of hydrogen-bond acceptors (Lipinski definition) is 4. The molecule has 2 fully saturated rings. The van der Waals surface area contributed by atoms with Crippen LogP contribution in [0.1, 0.15) is 101 Å². The van der Waals surface area contributed by atoms with Crippen molar-refractivity contribution in [2.75, 3.05) is 23.0 Å². The second kappa shape index (κ2) is 23.4. The zero-order valence-electron chi connectivity index (χ0n) is 34.4. The number of thioether (sulfide) groups is 2. The topological polar surface area (TPSA) is 40.5 Å². The summed E-state index contributed by atoms with van der Waals surface area (Å²) in [6.45, 7) is 21.6. The summed E-state index contributed by atoms with van der Waals surface area (Å²) in [6, 6.07) is 41.1. The average Bonchev–Trinajstić information content (AvgIpc) is 3.15. The fraction of sp³-hybridized carbons (Fsp3) is 0.480. The molecule has 0 aromatic heterocycles. The molecule has 2 nitrogen and oxygen atoms in total. The molecule has 2 aliphatic carbocycles. The van der Waals surface area contributed by atoms with Crippen LogP contribution < -0.4 is 0 Å². The smallest absolute Gasteiger partial charge is 0.392 e. The van der Waals surface area contributed by atoms with Crippen LogP contribution >= 0.6 is 23.5 Å². The summed E-state index contributed by atoms with van der Waals surface area (Å²) in [7, 11) is 0. The molecule has 0 spiro atoms. The van der Waals surface area contributed by atoms with Crippen LogP contribution in [0.5, 0.6) is 0 Å². The Morgan fingerprint density at radius 1 is 0.491 bits per heavy atom. The van der Waals surface area contributed by atoms with Crippen LogP contribution in [0.25, 0.3) is 0 Å². The minimum Gasteiger partial charge on any atom is -0.392 e. The van der Waals surface area contributed by atoms with Gasteiger partial charge in [-0.05, 0) is 82.8 Å². The molecule has 0 saturated heterocycles. The molecule has 5 heteroatoms. The van der Waals surface area contributed by atoms with E-state index < -0.39 is 0 Å². The maximum absolute atomic E-state index is 11.4. The minimum atomic E-state index is -0.261. The molecule has 8 atom stereocenters. The molecule has 2 aliphatic rings. The third-order valence-corrected chi connectivity index (χ3v) is 14.2. The fourth-order valence-corrected chi connectivity index (χ4v) is 10.7. The maximum Gasteiger partial charge on any atom is 2.00 e. The Morgan fingerprint density at radius 3 is 1.04 bits per heavy atom. The van der Waals surface area contributed by atoms with Gasteiger partial charge in [-0.25, -0.2) is 0 Å². The van der Waals surface area contributed by atoms with Crippen LogP contribution in [-0.4, -0.2) is 45.4 Å². The van der Waals surface area contributed by atoms with Gasteiger partial charge >= 0.3 is 21.7 Å². The van der Waals surface area contributed by atoms with Gasteiger partial charge in [0, 0.05) is 23.3 Å². The monoisotopic (exact) mass is 812 g/mol. The van der Waals surface area contributed by atoms with Crippen molar-refractivity contribution in [3.63, 3.8) is 0 Å². The molecule has 4 aromatic carbocycles. The summed E-state index contributed by atoms with van der Waals surface area (Å²) < 4.78 is 0. The molecule has 0 radical (unpaired) electrons. The zero-order chi connectivity index (χ0) is 39.1. The first-order chi connectivity index (χ1) is 25.7. The summed E-state index contributed by atoms with van der Waals surface area (Å²) >= 11 is 4.04. The average molecular weight is 813 g/mol. The van der Waals surface area contributed by atoms with Gasteiger partial charge < -0.3 is 10.2 Å². The Morgan fingerprint density at radius 2 is 0.782 bits per heavy atom. The van der Waals surface area contributed by atoms with E-state index in [0.717, 1.165) is 59.8 Å². The normalized spacial score (nSPS) is 25.2. The van der Waals surface area contributed by atoms with Crippen molar-refractivity contribution in [2.24, 2.45) is 34.5 Å². The Hall–Kier alpha value is -2.05. The predicted octanol–water partition coefficient (Wildman–Crippen LogP) is 12.6. The van der Waals surface area contributed by atoms with Crippen LogP contribution in [0, 0.1) is 48.3 Å². The van der Waals surface area contributed by atoms with Crippen molar-refractivity contribution < 1.29 is 31.9 Å². The van der Waals surface area contributed by atoms with Crippen molar-refractivity contribution in [1.82, 2.24) is 0 Å². The SMILES string of the molecule is CC(C)(C)C1CC(CSCCSCC2CC(C(C)(C)C)CC(c3ccccc3)C2O)C(O)C(c2ccccc2)C1.[CH2-]c1ccccc1.[CH2-]c1ccccc1.[Ti+2]. The molecule has 296 valence electrons. The first-order valence-electron chi connectivity index (χ1n) is 20.1. The van der Waals surface area contributed by atoms with Gasteiger partial charge in [-0.15, -0.1) is 24.3 Å². The Bertz CT molecular complexity index is 1450. The first-order valence-corrected chi connectivity index (χ1v) is 22.4. The fourth-order valence-electron chi connectivity index (χ4n) is 8.11. The van der Waals surface area contributed by atoms with Crippen LogP contribution in [0.4, 0.5) is 0 Å². The molecule has 55 heavy (non-hydrogen) atoms. The number of aliphatic hydroxyl groups is 2. The molecule has 2 N–H and O–H groups in total. The van der Waals surface area contributed by atoms with Gasteiger partial charge in [-0.3, -0.25) is 0 Å². The van der Waals surface area contributed by atoms with Gasteiger partial charge in [0.05, 0.1) is 12.2 Å². The third kappa shape index (κ3) is 15.7. The van der Waals surface area contributed by atoms with Gasteiger partial charge in [0.15, 0.2) is 0 Å². The van der Waals surface area contributed by atoms with Gasteiger partial charge in [0.2, 0.25) is 0 Å². The van der Waals surface area contributed by atoms with E-state index in [1.807, 2.05) is 84.2 Å². The summed E-state index contributed by atoms with van der Waals surface area (Å²) in [5.41, 5.74) is 5.25. The van der Waals surface area contributed by atoms with E-state index in [-0.39, 0.29) is 56.6 Å². The molecular formula is C50H68O2S2Ti. The second-order valence-corrected chi connectivity index (χ2v) is 20.0. The van der Waals surface area contributed by atoms with Crippen LogP contribution in [0.3, 0.4) is 0 Å². The van der Waals surface area contributed by atoms with E-state index in [9.17, 15) is 10.2 Å². The summed E-state index contributed by atoms with van der Waals surface area (Å²) in [6.07, 6.45) is 3.88. The number of rotatable bonds is 9. The van der Waals surface area contributed by atoms with Crippen LogP contribution in [0.2, 0.25) is 0 Å². The van der Waals surface area contributed by atoms with Crippen LogP contribution in [-0.2, 0) is 21.7 Å². The van der Waals surface area contributed by atoms with E-state index in [0.29, 0.717) is 23.7 Å². The van der Waals surface area contributed by atoms with E-state index in [1.165, 1.54) is 11.1 Å². The van der Waals surface area contributed by atoms with E-state index in [4.69, 9.17) is 0 Å². The first kappa shape index (κ1) is 47.3. The van der Waals surface area contributed by atoms with Gasteiger partial charge in [0.1, 0.15) is 0 Å². The predicted molar refractivity (Wildman–Crippen MR) is 238 cm³/mol. The molecule has 0 amide bonds. The summed E-state index contributed by atoms with van der Waals surface area (Å²) in [4.78, 5) is 0. The Balaban J connectivity index is 0.000000450. The molecule has 0 aliphatic heterocycles. The van der Waals surface area contributed by atoms with Gasteiger partial charge in [0.25, 0.3) is 0 Å². The molecule has 0 heterocycles. The van der Waals surface area contributed by atoms with Crippen molar-refractivity contribution in [2.45, 2.75) is 91.3 Å². The third-order valence-electron chi connectivity index (χ3n) is 11.7.